The Morgan fingerprint density at radius 1 is 1.05 bits per heavy atom. The molecule has 1 aliphatic carbocycles. The molecule has 0 radical (unpaired) electrons. The summed E-state index contributed by atoms with van der Waals surface area (Å²) < 4.78 is 6.40. The number of benzene rings is 1. The summed E-state index contributed by atoms with van der Waals surface area (Å²) >= 11 is 15.2. The summed E-state index contributed by atoms with van der Waals surface area (Å²) in [5, 5.41) is 1.05. The van der Waals surface area contributed by atoms with Gasteiger partial charge in [-0.1, -0.05) is 23.2 Å². The number of nitrogens with zero attached hydrogens (tertiary/aromatic N) is 2. The lowest BCUT2D eigenvalue weighted by molar-refractivity contribution is 0.458. The Kier molecular flexibility index (Phi) is 3.65. The minimum absolute atomic E-state index is 0.461. The smallest absolute Gasteiger partial charge is 0.223 e. The monoisotopic (exact) mass is 358 g/mol. The third-order valence-corrected chi connectivity index (χ3v) is 3.53. The van der Waals surface area contributed by atoms with Gasteiger partial charge in [0.15, 0.2) is 0 Å². The van der Waals surface area contributed by atoms with Crippen molar-refractivity contribution in [2.24, 2.45) is 0 Å². The van der Waals surface area contributed by atoms with Crippen molar-refractivity contribution in [2.45, 2.75) is 18.8 Å². The van der Waals surface area contributed by atoms with Gasteiger partial charge in [0.25, 0.3) is 0 Å². The van der Waals surface area contributed by atoms with Crippen molar-refractivity contribution in [1.29, 1.82) is 0 Å². The molecule has 1 aromatic carbocycles. The zero-order valence-electron chi connectivity index (χ0n) is 9.74. The van der Waals surface area contributed by atoms with Gasteiger partial charge < -0.3 is 4.74 Å². The Balaban J connectivity index is 1.89. The van der Waals surface area contributed by atoms with Crippen molar-refractivity contribution in [3.63, 3.8) is 0 Å². The first-order valence-corrected chi connectivity index (χ1v) is 7.33. The molecule has 6 heteroatoms. The van der Waals surface area contributed by atoms with Gasteiger partial charge in [0.05, 0.1) is 0 Å². The second-order valence-corrected chi connectivity index (χ2v) is 6.05. The molecule has 1 heterocycles. The van der Waals surface area contributed by atoms with Crippen LogP contribution in [0.15, 0.2) is 28.9 Å². The van der Waals surface area contributed by atoms with E-state index in [1.807, 2.05) is 0 Å². The highest BCUT2D eigenvalue weighted by atomic mass is 79.9. The molecule has 0 atom stereocenters. The van der Waals surface area contributed by atoms with E-state index >= 15 is 0 Å². The van der Waals surface area contributed by atoms with E-state index in [0.29, 0.717) is 32.2 Å². The van der Waals surface area contributed by atoms with E-state index in [1.165, 1.54) is 0 Å². The maximum atomic E-state index is 5.93. The fourth-order valence-electron chi connectivity index (χ4n) is 1.70. The van der Waals surface area contributed by atoms with Crippen molar-refractivity contribution in [2.75, 3.05) is 0 Å². The summed E-state index contributed by atoms with van der Waals surface area (Å²) in [6.07, 6.45) is 2.28. The summed E-state index contributed by atoms with van der Waals surface area (Å²) in [5.74, 6) is 2.33. The Hall–Kier alpha value is -0.840. The topological polar surface area (TPSA) is 35.0 Å². The lowest BCUT2D eigenvalue weighted by Gasteiger charge is -2.07. The minimum Gasteiger partial charge on any atom is -0.439 e. The van der Waals surface area contributed by atoms with Gasteiger partial charge in [0.2, 0.25) is 5.88 Å². The average Bonchev–Trinajstić information content (AvgIpc) is 3.09. The third-order valence-electron chi connectivity index (χ3n) is 2.69. The summed E-state index contributed by atoms with van der Waals surface area (Å²) in [7, 11) is 0. The van der Waals surface area contributed by atoms with Gasteiger partial charge in [-0.05, 0) is 47.0 Å². The van der Waals surface area contributed by atoms with Crippen molar-refractivity contribution in [3.8, 4) is 11.6 Å². The van der Waals surface area contributed by atoms with Crippen LogP contribution in [0.3, 0.4) is 0 Å². The Labute approximate surface area is 129 Å². The van der Waals surface area contributed by atoms with E-state index in [1.54, 1.807) is 24.3 Å². The molecule has 98 valence electrons. The molecule has 3 rings (SSSR count). The van der Waals surface area contributed by atoms with Gasteiger partial charge in [-0.2, -0.15) is 4.98 Å². The summed E-state index contributed by atoms with van der Waals surface area (Å²) in [4.78, 5) is 8.75. The van der Waals surface area contributed by atoms with Crippen LogP contribution in [0.25, 0.3) is 0 Å². The lowest BCUT2D eigenvalue weighted by Crippen LogP contribution is -1.96. The van der Waals surface area contributed by atoms with Gasteiger partial charge in [0.1, 0.15) is 16.2 Å². The molecule has 3 nitrogen and oxygen atoms in total. The first-order chi connectivity index (χ1) is 9.10. The average molecular weight is 360 g/mol. The molecule has 1 aromatic heterocycles. The van der Waals surface area contributed by atoms with Gasteiger partial charge in [-0.25, -0.2) is 4.98 Å². The first-order valence-electron chi connectivity index (χ1n) is 5.78. The lowest BCUT2D eigenvalue weighted by atomic mass is 10.3. The van der Waals surface area contributed by atoms with E-state index in [0.717, 1.165) is 18.7 Å². The number of halogens is 3. The fraction of sp³-hybridized carbons (Fsp3) is 0.231. The number of hydrogen-bond donors (Lipinski definition) is 0. The Bertz CT molecular complexity index is 612. The third kappa shape index (κ3) is 3.38. The molecule has 19 heavy (non-hydrogen) atoms. The summed E-state index contributed by atoms with van der Waals surface area (Å²) in [6.45, 7) is 0. The second-order valence-electron chi connectivity index (χ2n) is 4.37. The number of aromatic nitrogens is 2. The largest absolute Gasteiger partial charge is 0.439 e. The Morgan fingerprint density at radius 3 is 2.37 bits per heavy atom. The van der Waals surface area contributed by atoms with Crippen LogP contribution in [-0.4, -0.2) is 9.97 Å². The summed E-state index contributed by atoms with van der Waals surface area (Å²) in [5.41, 5.74) is 0. The van der Waals surface area contributed by atoms with Gasteiger partial charge >= 0.3 is 0 Å². The van der Waals surface area contributed by atoms with Crippen molar-refractivity contribution >= 4 is 39.1 Å². The van der Waals surface area contributed by atoms with Crippen LogP contribution >= 0.6 is 39.1 Å². The van der Waals surface area contributed by atoms with Crippen LogP contribution in [0.5, 0.6) is 11.6 Å². The maximum Gasteiger partial charge on any atom is 0.223 e. The molecule has 0 N–H and O–H groups in total. The SMILES string of the molecule is Clc1cc(Cl)cc(Oc2cc(Br)nc(C3CC3)n2)c1. The highest BCUT2D eigenvalue weighted by molar-refractivity contribution is 9.10. The van der Waals surface area contributed by atoms with Gasteiger partial charge in [-0.15, -0.1) is 0 Å². The molecule has 0 unspecified atom stereocenters. The van der Waals surface area contributed by atoms with Crippen molar-refractivity contribution in [1.82, 2.24) is 9.97 Å². The van der Waals surface area contributed by atoms with Crippen LogP contribution in [0.2, 0.25) is 10.0 Å². The van der Waals surface area contributed by atoms with Crippen LogP contribution in [0.1, 0.15) is 24.6 Å². The molecule has 0 amide bonds. The van der Waals surface area contributed by atoms with E-state index in [9.17, 15) is 0 Å². The maximum absolute atomic E-state index is 5.93. The number of ether oxygens (including phenoxy) is 1. The van der Waals surface area contributed by atoms with E-state index in [-0.39, 0.29) is 0 Å². The summed E-state index contributed by atoms with van der Waals surface area (Å²) in [6, 6.07) is 6.77. The molecular formula is C13H9BrCl2N2O. The van der Waals surface area contributed by atoms with Gasteiger partial charge in [-0.3, -0.25) is 0 Å². The Morgan fingerprint density at radius 2 is 1.74 bits per heavy atom. The van der Waals surface area contributed by atoms with E-state index < -0.39 is 0 Å². The molecular weight excluding hydrogens is 351 g/mol. The molecule has 0 bridgehead atoms. The molecule has 1 fully saturated rings. The minimum atomic E-state index is 0.461. The molecule has 0 spiro atoms. The predicted molar refractivity (Wildman–Crippen MR) is 78.2 cm³/mol. The number of rotatable bonds is 3. The highest BCUT2D eigenvalue weighted by Gasteiger charge is 2.27. The molecule has 0 aliphatic heterocycles. The molecule has 1 saturated carbocycles. The zero-order chi connectivity index (χ0) is 13.4. The first kappa shape index (κ1) is 13.2. The molecule has 2 aromatic rings. The standard InChI is InChI=1S/C13H9BrCl2N2O/c14-11-6-12(18-13(17-11)7-1-2-7)19-10-4-8(15)3-9(16)5-10/h3-7H,1-2H2. The van der Waals surface area contributed by atoms with Crippen LogP contribution < -0.4 is 4.74 Å². The van der Waals surface area contributed by atoms with Crippen molar-refractivity contribution in [3.05, 3.63) is 44.7 Å². The quantitative estimate of drug-likeness (QED) is 0.705. The molecule has 0 saturated heterocycles. The molecule has 1 aliphatic rings. The van der Waals surface area contributed by atoms with Gasteiger partial charge in [0, 0.05) is 22.0 Å². The number of hydrogen-bond acceptors (Lipinski definition) is 3. The van der Waals surface area contributed by atoms with Crippen LogP contribution in [0.4, 0.5) is 0 Å². The van der Waals surface area contributed by atoms with E-state index in [2.05, 4.69) is 25.9 Å². The predicted octanol–water partition coefficient (Wildman–Crippen LogP) is 5.22. The highest BCUT2D eigenvalue weighted by Crippen LogP contribution is 2.39. The van der Waals surface area contributed by atoms with Crippen LogP contribution in [0, 0.1) is 0 Å². The normalized spacial score (nSPS) is 14.5. The second kappa shape index (κ2) is 5.27. The fourth-order valence-corrected chi connectivity index (χ4v) is 2.58. The zero-order valence-corrected chi connectivity index (χ0v) is 12.8. The van der Waals surface area contributed by atoms with Crippen molar-refractivity contribution < 1.29 is 4.74 Å². The van der Waals surface area contributed by atoms with E-state index in [4.69, 9.17) is 27.9 Å². The van der Waals surface area contributed by atoms with Crippen LogP contribution in [-0.2, 0) is 0 Å².